The number of benzene rings is 1. The molecule has 0 saturated heterocycles. The summed E-state index contributed by atoms with van der Waals surface area (Å²) >= 11 is 2.00. The first-order valence-corrected chi connectivity index (χ1v) is 10.6. The summed E-state index contributed by atoms with van der Waals surface area (Å²) in [5.74, 6) is 3.72. The second kappa shape index (κ2) is 10.4. The van der Waals surface area contributed by atoms with E-state index in [1.807, 2.05) is 11.8 Å². The number of thioether (sulfide) groups is 1. The molecule has 0 N–H and O–H groups in total. The molecule has 25 heavy (non-hydrogen) atoms. The van der Waals surface area contributed by atoms with Crippen molar-refractivity contribution in [3.63, 3.8) is 0 Å². The topological polar surface area (TPSA) is 18.5 Å². The van der Waals surface area contributed by atoms with E-state index < -0.39 is 0 Å². The molecule has 2 nitrogen and oxygen atoms in total. The highest BCUT2D eigenvalue weighted by atomic mass is 32.2. The zero-order chi connectivity index (χ0) is 19.0. The fourth-order valence-corrected chi connectivity index (χ4v) is 4.59. The molecule has 1 rings (SSSR count). The van der Waals surface area contributed by atoms with Gasteiger partial charge in [-0.15, -0.1) is 0 Å². The average molecular weight is 367 g/mol. The van der Waals surface area contributed by atoms with Crippen molar-refractivity contribution in [2.75, 3.05) is 20.0 Å². The van der Waals surface area contributed by atoms with Gasteiger partial charge in [-0.2, -0.15) is 11.8 Å². The van der Waals surface area contributed by atoms with Gasteiger partial charge in [0, 0.05) is 10.8 Å². The zero-order valence-electron chi connectivity index (χ0n) is 17.6. The molecule has 3 heteroatoms. The summed E-state index contributed by atoms with van der Waals surface area (Å²) in [6, 6.07) is 4.26. The van der Waals surface area contributed by atoms with Crippen molar-refractivity contribution >= 4 is 11.8 Å². The fraction of sp³-hybridized carbons (Fsp3) is 0.727. The number of ether oxygens (including phenoxy) is 2. The summed E-state index contributed by atoms with van der Waals surface area (Å²) in [7, 11) is 3.52. The lowest BCUT2D eigenvalue weighted by Gasteiger charge is -2.25. The minimum Gasteiger partial charge on any atom is -0.496 e. The van der Waals surface area contributed by atoms with Crippen LogP contribution in [0.3, 0.4) is 0 Å². The van der Waals surface area contributed by atoms with Crippen molar-refractivity contribution in [2.45, 2.75) is 72.5 Å². The molecule has 0 radical (unpaired) electrons. The molecule has 1 aromatic carbocycles. The standard InChI is InChI=1S/C22H38O2S/c1-9-25-20(15-16(2)11-10-12-22(4,5)6)21-18(23-7)13-17(3)14-19(21)24-8/h13-14,16,20H,9-12,15H2,1-8H3. The smallest absolute Gasteiger partial charge is 0.127 e. The summed E-state index contributed by atoms with van der Waals surface area (Å²) in [4.78, 5) is 0. The van der Waals surface area contributed by atoms with Crippen molar-refractivity contribution in [3.05, 3.63) is 23.3 Å². The summed E-state index contributed by atoms with van der Waals surface area (Å²) in [6.45, 7) is 13.7. The van der Waals surface area contributed by atoms with E-state index in [0.717, 1.165) is 17.3 Å². The van der Waals surface area contributed by atoms with Crippen LogP contribution in [0.1, 0.15) is 76.7 Å². The first-order chi connectivity index (χ1) is 11.7. The van der Waals surface area contributed by atoms with E-state index in [-0.39, 0.29) is 0 Å². The predicted octanol–water partition coefficient (Wildman–Crippen LogP) is 7.05. The van der Waals surface area contributed by atoms with Crippen LogP contribution in [0.25, 0.3) is 0 Å². The Balaban J connectivity index is 2.92. The lowest BCUT2D eigenvalue weighted by atomic mass is 9.87. The van der Waals surface area contributed by atoms with E-state index in [2.05, 4.69) is 53.7 Å². The SMILES string of the molecule is CCSC(CC(C)CCCC(C)(C)C)c1c(OC)cc(C)cc1OC. The molecule has 0 amide bonds. The van der Waals surface area contributed by atoms with Gasteiger partial charge in [-0.3, -0.25) is 0 Å². The molecule has 1 aromatic rings. The van der Waals surface area contributed by atoms with Crippen molar-refractivity contribution in [1.29, 1.82) is 0 Å². The van der Waals surface area contributed by atoms with E-state index in [9.17, 15) is 0 Å². The van der Waals surface area contributed by atoms with Gasteiger partial charge in [-0.25, -0.2) is 0 Å². The van der Waals surface area contributed by atoms with E-state index >= 15 is 0 Å². The van der Waals surface area contributed by atoms with Gasteiger partial charge in [0.15, 0.2) is 0 Å². The maximum absolute atomic E-state index is 5.71. The minimum atomic E-state index is 0.417. The molecule has 0 aliphatic heterocycles. The second-order valence-electron chi connectivity index (χ2n) is 8.32. The Hall–Kier alpha value is -0.830. The van der Waals surface area contributed by atoms with Crippen LogP contribution in [0.5, 0.6) is 11.5 Å². The first-order valence-electron chi connectivity index (χ1n) is 9.56. The Morgan fingerprint density at radius 3 is 2.08 bits per heavy atom. The molecule has 0 fully saturated rings. The van der Waals surface area contributed by atoms with E-state index in [0.29, 0.717) is 16.6 Å². The highest BCUT2D eigenvalue weighted by Crippen LogP contribution is 2.45. The van der Waals surface area contributed by atoms with Crippen LogP contribution in [0.15, 0.2) is 12.1 Å². The summed E-state index contributed by atoms with van der Waals surface area (Å²) < 4.78 is 11.4. The lowest BCUT2D eigenvalue weighted by Crippen LogP contribution is -2.09. The average Bonchev–Trinajstić information content (AvgIpc) is 2.52. The molecule has 0 spiro atoms. The highest BCUT2D eigenvalue weighted by molar-refractivity contribution is 7.99. The second-order valence-corrected chi connectivity index (χ2v) is 9.80. The Morgan fingerprint density at radius 2 is 1.64 bits per heavy atom. The van der Waals surface area contributed by atoms with E-state index in [1.54, 1.807) is 14.2 Å². The van der Waals surface area contributed by atoms with Crippen LogP contribution in [-0.2, 0) is 0 Å². The third-order valence-corrected chi connectivity index (χ3v) is 5.78. The van der Waals surface area contributed by atoms with Gasteiger partial charge < -0.3 is 9.47 Å². The molecule has 0 heterocycles. The molecule has 2 atom stereocenters. The Morgan fingerprint density at radius 1 is 1.08 bits per heavy atom. The number of aryl methyl sites for hydroxylation is 1. The molecule has 0 aromatic heterocycles. The number of methoxy groups -OCH3 is 2. The van der Waals surface area contributed by atoms with E-state index in [1.165, 1.54) is 36.8 Å². The third-order valence-electron chi connectivity index (χ3n) is 4.62. The lowest BCUT2D eigenvalue weighted by molar-refractivity contribution is 0.336. The van der Waals surface area contributed by atoms with Crippen LogP contribution in [0.4, 0.5) is 0 Å². The molecular formula is C22H38O2S. The van der Waals surface area contributed by atoms with E-state index in [4.69, 9.17) is 9.47 Å². The molecule has 2 unspecified atom stereocenters. The zero-order valence-corrected chi connectivity index (χ0v) is 18.4. The molecule has 0 saturated carbocycles. The molecule has 0 bridgehead atoms. The van der Waals surface area contributed by atoms with Crippen LogP contribution in [0.2, 0.25) is 0 Å². The summed E-state index contributed by atoms with van der Waals surface area (Å²) in [5, 5.41) is 0.417. The number of hydrogen-bond acceptors (Lipinski definition) is 3. The number of hydrogen-bond donors (Lipinski definition) is 0. The Bertz CT molecular complexity index is 494. The minimum absolute atomic E-state index is 0.417. The Labute approximate surface area is 160 Å². The van der Waals surface area contributed by atoms with Crippen LogP contribution >= 0.6 is 11.8 Å². The van der Waals surface area contributed by atoms with Crippen molar-refractivity contribution in [1.82, 2.24) is 0 Å². The van der Waals surface area contributed by atoms with Gasteiger partial charge in [0.25, 0.3) is 0 Å². The summed E-state index contributed by atoms with van der Waals surface area (Å²) in [5.41, 5.74) is 2.83. The Kier molecular flexibility index (Phi) is 9.20. The monoisotopic (exact) mass is 366 g/mol. The van der Waals surface area contributed by atoms with Crippen molar-refractivity contribution < 1.29 is 9.47 Å². The molecule has 144 valence electrons. The quantitative estimate of drug-likeness (QED) is 0.442. The van der Waals surface area contributed by atoms with Gasteiger partial charge in [0.1, 0.15) is 11.5 Å². The largest absolute Gasteiger partial charge is 0.496 e. The maximum atomic E-state index is 5.71. The number of rotatable bonds is 10. The van der Waals surface area contributed by atoms with Gasteiger partial charge in [0.2, 0.25) is 0 Å². The van der Waals surface area contributed by atoms with Crippen molar-refractivity contribution in [3.8, 4) is 11.5 Å². The molecular weight excluding hydrogens is 328 g/mol. The highest BCUT2D eigenvalue weighted by Gasteiger charge is 2.24. The van der Waals surface area contributed by atoms with Gasteiger partial charge in [-0.05, 0) is 54.5 Å². The van der Waals surface area contributed by atoms with Crippen LogP contribution in [-0.4, -0.2) is 20.0 Å². The van der Waals surface area contributed by atoms with Crippen LogP contribution < -0.4 is 9.47 Å². The fourth-order valence-electron chi connectivity index (χ4n) is 3.32. The third kappa shape index (κ3) is 7.52. The van der Waals surface area contributed by atoms with Gasteiger partial charge in [0.05, 0.1) is 14.2 Å². The predicted molar refractivity (Wildman–Crippen MR) is 112 cm³/mol. The maximum Gasteiger partial charge on any atom is 0.127 e. The normalized spacial score (nSPS) is 14.2. The summed E-state index contributed by atoms with van der Waals surface area (Å²) in [6.07, 6.45) is 5.05. The van der Waals surface area contributed by atoms with Gasteiger partial charge >= 0.3 is 0 Å². The van der Waals surface area contributed by atoms with Gasteiger partial charge in [-0.1, -0.05) is 47.5 Å². The molecule has 0 aliphatic rings. The van der Waals surface area contributed by atoms with Crippen molar-refractivity contribution in [2.24, 2.45) is 11.3 Å². The first kappa shape index (κ1) is 22.2. The molecule has 0 aliphatic carbocycles. The van der Waals surface area contributed by atoms with Crippen LogP contribution in [0, 0.1) is 18.3 Å².